The predicted octanol–water partition coefficient (Wildman–Crippen LogP) is 2.92. The average molecular weight is 271 g/mol. The molecule has 1 aromatic heterocycles. The third-order valence-electron chi connectivity index (χ3n) is 2.09. The maximum atomic E-state index is 11.6. The number of rotatable bonds is 5. The van der Waals surface area contributed by atoms with Crippen molar-refractivity contribution in [1.29, 1.82) is 0 Å². The monoisotopic (exact) mass is 270 g/mol. The number of hydrogen-bond acceptors (Lipinski definition) is 2. The molecule has 0 unspecified atom stereocenters. The topological polar surface area (TPSA) is 42.0 Å². The fourth-order valence-corrected chi connectivity index (χ4v) is 1.47. The van der Waals surface area contributed by atoms with E-state index in [9.17, 15) is 4.79 Å². The highest BCUT2D eigenvalue weighted by Crippen LogP contribution is 2.19. The van der Waals surface area contributed by atoms with Gasteiger partial charge in [-0.15, -0.1) is 12.3 Å². The predicted molar refractivity (Wildman–Crippen MR) is 69.3 cm³/mol. The number of carbonyl (C=O) groups is 1. The van der Waals surface area contributed by atoms with Crippen molar-refractivity contribution in [3.8, 4) is 12.3 Å². The zero-order valence-electron chi connectivity index (χ0n) is 9.17. The van der Waals surface area contributed by atoms with E-state index in [1.165, 1.54) is 12.3 Å². The third-order valence-corrected chi connectivity index (χ3v) is 2.78. The molecule has 0 saturated heterocycles. The molecule has 0 aliphatic rings. The first kappa shape index (κ1) is 13.8. The van der Waals surface area contributed by atoms with Crippen LogP contribution >= 0.6 is 23.2 Å². The summed E-state index contributed by atoms with van der Waals surface area (Å²) in [6.45, 7) is 0.584. The summed E-state index contributed by atoms with van der Waals surface area (Å²) in [4.78, 5) is 15.5. The molecule has 90 valence electrons. The maximum absolute atomic E-state index is 11.6. The van der Waals surface area contributed by atoms with Crippen molar-refractivity contribution in [3.05, 3.63) is 28.0 Å². The van der Waals surface area contributed by atoms with Gasteiger partial charge in [0.1, 0.15) is 5.15 Å². The van der Waals surface area contributed by atoms with Gasteiger partial charge in [0.05, 0.1) is 10.6 Å². The van der Waals surface area contributed by atoms with Gasteiger partial charge >= 0.3 is 0 Å². The van der Waals surface area contributed by atoms with Crippen molar-refractivity contribution in [2.24, 2.45) is 0 Å². The highest BCUT2D eigenvalue weighted by molar-refractivity contribution is 6.41. The summed E-state index contributed by atoms with van der Waals surface area (Å²) in [6, 6.07) is 1.49. The Kier molecular flexibility index (Phi) is 5.82. The van der Waals surface area contributed by atoms with Crippen LogP contribution in [0.25, 0.3) is 0 Å². The van der Waals surface area contributed by atoms with Crippen molar-refractivity contribution in [3.63, 3.8) is 0 Å². The number of hydrogen-bond donors (Lipinski definition) is 1. The molecule has 0 radical (unpaired) electrons. The Balaban J connectivity index is 2.42. The fourth-order valence-electron chi connectivity index (χ4n) is 1.20. The van der Waals surface area contributed by atoms with Gasteiger partial charge in [0.25, 0.3) is 5.91 Å². The van der Waals surface area contributed by atoms with Gasteiger partial charge in [-0.3, -0.25) is 4.79 Å². The van der Waals surface area contributed by atoms with Crippen LogP contribution in [0.5, 0.6) is 0 Å². The molecular weight excluding hydrogens is 259 g/mol. The zero-order chi connectivity index (χ0) is 12.7. The first-order valence-corrected chi connectivity index (χ1v) is 5.93. The molecule has 1 heterocycles. The van der Waals surface area contributed by atoms with E-state index in [-0.39, 0.29) is 16.1 Å². The summed E-state index contributed by atoms with van der Waals surface area (Å²) < 4.78 is 0. The second-order valence-electron chi connectivity index (χ2n) is 3.41. The van der Waals surface area contributed by atoms with Crippen LogP contribution in [0.2, 0.25) is 10.2 Å². The smallest absolute Gasteiger partial charge is 0.252 e. The number of amides is 1. The molecule has 1 N–H and O–H groups in total. The molecule has 17 heavy (non-hydrogen) atoms. The normalized spacial score (nSPS) is 9.71. The Morgan fingerprint density at radius 3 is 2.88 bits per heavy atom. The lowest BCUT2D eigenvalue weighted by Gasteiger charge is -2.04. The number of terminal acetylenes is 1. The molecule has 0 atom stereocenters. The Morgan fingerprint density at radius 1 is 1.47 bits per heavy atom. The van der Waals surface area contributed by atoms with Crippen LogP contribution in [0.3, 0.4) is 0 Å². The van der Waals surface area contributed by atoms with E-state index in [0.29, 0.717) is 12.1 Å². The second-order valence-corrected chi connectivity index (χ2v) is 4.18. The molecule has 0 aromatic carbocycles. The maximum Gasteiger partial charge on any atom is 0.252 e. The number of nitrogens with zero attached hydrogens (tertiary/aromatic N) is 1. The zero-order valence-corrected chi connectivity index (χ0v) is 10.7. The highest BCUT2D eigenvalue weighted by Gasteiger charge is 2.08. The summed E-state index contributed by atoms with van der Waals surface area (Å²) >= 11 is 11.4. The Bertz CT molecular complexity index is 441. The summed E-state index contributed by atoms with van der Waals surface area (Å²) in [5, 5.41) is 3.22. The Labute approximate surface area is 111 Å². The molecule has 0 spiro atoms. The Hall–Kier alpha value is -1.24. The third kappa shape index (κ3) is 4.64. The number of halogens is 2. The van der Waals surface area contributed by atoms with Gasteiger partial charge in [0, 0.05) is 19.2 Å². The van der Waals surface area contributed by atoms with Crippen molar-refractivity contribution in [2.75, 3.05) is 6.54 Å². The first-order valence-electron chi connectivity index (χ1n) is 5.18. The molecule has 1 aromatic rings. The summed E-state index contributed by atoms with van der Waals surface area (Å²) in [5.74, 6) is 2.34. The quantitative estimate of drug-likeness (QED) is 0.508. The average Bonchev–Trinajstić information content (AvgIpc) is 2.32. The van der Waals surface area contributed by atoms with Crippen LogP contribution in [0, 0.1) is 12.3 Å². The molecule has 3 nitrogen and oxygen atoms in total. The van der Waals surface area contributed by atoms with Crippen molar-refractivity contribution in [1.82, 2.24) is 10.3 Å². The van der Waals surface area contributed by atoms with Gasteiger partial charge in [-0.2, -0.15) is 0 Å². The molecule has 1 rings (SSSR count). The minimum absolute atomic E-state index is 0.192. The van der Waals surface area contributed by atoms with Gasteiger partial charge in [-0.05, 0) is 18.9 Å². The number of aromatic nitrogens is 1. The van der Waals surface area contributed by atoms with Crippen LogP contribution in [-0.4, -0.2) is 17.4 Å². The second kappa shape index (κ2) is 7.16. The largest absolute Gasteiger partial charge is 0.352 e. The van der Waals surface area contributed by atoms with Crippen LogP contribution in [0.4, 0.5) is 0 Å². The Morgan fingerprint density at radius 2 is 2.24 bits per heavy atom. The highest BCUT2D eigenvalue weighted by atomic mass is 35.5. The standard InChI is InChI=1S/C12H12Cl2N2O/c1-2-3-4-5-6-15-12(17)9-7-10(13)11(14)16-8-9/h1,7-8H,3-6H2,(H,15,17). The van der Waals surface area contributed by atoms with Crippen LogP contribution in [0.15, 0.2) is 12.3 Å². The van der Waals surface area contributed by atoms with E-state index in [0.717, 1.165) is 19.3 Å². The van der Waals surface area contributed by atoms with Gasteiger partial charge in [0.2, 0.25) is 0 Å². The molecule has 5 heteroatoms. The lowest BCUT2D eigenvalue weighted by atomic mass is 10.2. The SMILES string of the molecule is C#CCCCCNC(=O)c1cnc(Cl)c(Cl)c1. The molecule has 0 aliphatic carbocycles. The van der Waals surface area contributed by atoms with Crippen molar-refractivity contribution < 1.29 is 4.79 Å². The van der Waals surface area contributed by atoms with Gasteiger partial charge in [-0.25, -0.2) is 4.98 Å². The van der Waals surface area contributed by atoms with Gasteiger partial charge in [0.15, 0.2) is 0 Å². The fraction of sp³-hybridized carbons (Fsp3) is 0.333. The number of unbranched alkanes of at least 4 members (excludes halogenated alkanes) is 2. The molecular formula is C12H12Cl2N2O. The first-order chi connectivity index (χ1) is 8.15. The van der Waals surface area contributed by atoms with Crippen LogP contribution in [0.1, 0.15) is 29.6 Å². The minimum Gasteiger partial charge on any atom is -0.352 e. The van der Waals surface area contributed by atoms with Gasteiger partial charge in [-0.1, -0.05) is 23.2 Å². The van der Waals surface area contributed by atoms with E-state index < -0.39 is 0 Å². The molecule has 0 saturated carbocycles. The molecule has 1 amide bonds. The van der Waals surface area contributed by atoms with Crippen molar-refractivity contribution in [2.45, 2.75) is 19.3 Å². The summed E-state index contributed by atoms with van der Waals surface area (Å²) in [6.07, 6.45) is 8.99. The minimum atomic E-state index is -0.211. The van der Waals surface area contributed by atoms with E-state index >= 15 is 0 Å². The van der Waals surface area contributed by atoms with Crippen molar-refractivity contribution >= 4 is 29.1 Å². The number of carbonyl (C=O) groups excluding carboxylic acids is 1. The molecule has 0 aliphatic heterocycles. The van der Waals surface area contributed by atoms with E-state index in [1.807, 2.05) is 0 Å². The van der Waals surface area contributed by atoms with E-state index in [1.54, 1.807) is 0 Å². The lowest BCUT2D eigenvalue weighted by Crippen LogP contribution is -2.24. The van der Waals surface area contributed by atoms with E-state index in [2.05, 4.69) is 16.2 Å². The molecule has 0 fully saturated rings. The van der Waals surface area contributed by atoms with E-state index in [4.69, 9.17) is 29.6 Å². The lowest BCUT2D eigenvalue weighted by molar-refractivity contribution is 0.0952. The number of nitrogens with one attached hydrogen (secondary N) is 1. The summed E-state index contributed by atoms with van der Waals surface area (Å²) in [7, 11) is 0. The van der Waals surface area contributed by atoms with Gasteiger partial charge < -0.3 is 5.32 Å². The summed E-state index contributed by atoms with van der Waals surface area (Å²) in [5.41, 5.74) is 0.399. The molecule has 0 bridgehead atoms. The van der Waals surface area contributed by atoms with Crippen LogP contribution < -0.4 is 5.32 Å². The number of pyridine rings is 1. The van der Waals surface area contributed by atoms with Crippen LogP contribution in [-0.2, 0) is 0 Å².